The number of methoxy groups -OCH3 is 1. The van der Waals surface area contributed by atoms with Gasteiger partial charge in [-0.15, -0.1) is 0 Å². The number of aromatic nitrogens is 1. The highest BCUT2D eigenvalue weighted by atomic mass is 35.5. The van der Waals surface area contributed by atoms with E-state index in [1.807, 2.05) is 24.0 Å². The van der Waals surface area contributed by atoms with Gasteiger partial charge in [-0.3, -0.25) is 4.79 Å². The van der Waals surface area contributed by atoms with Crippen molar-refractivity contribution in [2.24, 2.45) is 0 Å². The number of carbonyl (C=O) groups is 2. The minimum atomic E-state index is -0.448. The molecule has 1 aliphatic heterocycles. The van der Waals surface area contributed by atoms with Crippen LogP contribution in [0.5, 0.6) is 0 Å². The van der Waals surface area contributed by atoms with Crippen LogP contribution in [0, 0.1) is 0 Å². The predicted octanol–water partition coefficient (Wildman–Crippen LogP) is 2.06. The van der Waals surface area contributed by atoms with E-state index < -0.39 is 12.2 Å². The molecule has 0 unspecified atom stereocenters. The second-order valence-electron chi connectivity index (χ2n) is 7.45. The summed E-state index contributed by atoms with van der Waals surface area (Å²) < 4.78 is 10.2. The standard InChI is InChI=1S/C20H29ClN4O4/c1-13(25(16-5-6-16)19(26)17-12-22-8-9-29-17)14-10-15(24-18(21)11-14)4-3-7-23-20(27)28-2/h10-11,13,16-17,22H,3-9,12H2,1-2H3,(H,23,27)/t13-,17-/m1/s1. The van der Waals surface area contributed by atoms with Crippen molar-refractivity contribution in [3.63, 3.8) is 0 Å². The van der Waals surface area contributed by atoms with Crippen LogP contribution < -0.4 is 10.6 Å². The number of halogens is 1. The quantitative estimate of drug-likeness (QED) is 0.490. The predicted molar refractivity (Wildman–Crippen MR) is 109 cm³/mol. The Hall–Kier alpha value is -1.90. The number of hydrogen-bond donors (Lipinski definition) is 2. The fourth-order valence-corrected chi connectivity index (χ4v) is 3.80. The van der Waals surface area contributed by atoms with Crippen LogP contribution in [0.3, 0.4) is 0 Å². The van der Waals surface area contributed by atoms with Crippen LogP contribution in [-0.2, 0) is 20.7 Å². The summed E-state index contributed by atoms with van der Waals surface area (Å²) in [5.74, 6) is 0.0314. The number of morpholine rings is 1. The maximum absolute atomic E-state index is 13.1. The summed E-state index contributed by atoms with van der Waals surface area (Å²) in [7, 11) is 1.34. The number of nitrogens with zero attached hydrogens (tertiary/aromatic N) is 2. The molecule has 2 amide bonds. The van der Waals surface area contributed by atoms with Crippen molar-refractivity contribution in [2.75, 3.05) is 33.4 Å². The summed E-state index contributed by atoms with van der Waals surface area (Å²) in [6, 6.07) is 3.96. The number of alkyl carbamates (subject to hydrolysis) is 1. The number of rotatable bonds is 8. The van der Waals surface area contributed by atoms with Crippen molar-refractivity contribution >= 4 is 23.6 Å². The van der Waals surface area contributed by atoms with Gasteiger partial charge in [0, 0.05) is 31.4 Å². The van der Waals surface area contributed by atoms with Crippen molar-refractivity contribution in [2.45, 2.75) is 50.8 Å². The van der Waals surface area contributed by atoms with E-state index in [-0.39, 0.29) is 18.0 Å². The number of ether oxygens (including phenoxy) is 2. The third-order valence-electron chi connectivity index (χ3n) is 5.23. The molecule has 1 aromatic heterocycles. The van der Waals surface area contributed by atoms with E-state index in [1.165, 1.54) is 7.11 Å². The monoisotopic (exact) mass is 424 g/mol. The molecular formula is C20H29ClN4O4. The lowest BCUT2D eigenvalue weighted by Gasteiger charge is -2.34. The molecule has 0 spiro atoms. The molecular weight excluding hydrogens is 396 g/mol. The maximum Gasteiger partial charge on any atom is 0.406 e. The SMILES string of the molecule is COC(=O)NCCCc1cc([C@@H](C)N(C(=O)[C@H]2CNCCO2)C2CC2)cc(Cl)n1. The fourth-order valence-electron chi connectivity index (χ4n) is 3.57. The van der Waals surface area contributed by atoms with E-state index in [0.717, 1.165) is 30.6 Å². The Morgan fingerprint density at radius 2 is 2.24 bits per heavy atom. The number of aryl methyl sites for hydroxylation is 1. The molecule has 2 N–H and O–H groups in total. The Labute approximate surface area is 176 Å². The van der Waals surface area contributed by atoms with E-state index in [9.17, 15) is 9.59 Å². The van der Waals surface area contributed by atoms with E-state index in [0.29, 0.717) is 37.7 Å². The molecule has 160 valence electrons. The first-order valence-corrected chi connectivity index (χ1v) is 10.5. The number of hydrogen-bond acceptors (Lipinski definition) is 6. The van der Waals surface area contributed by atoms with Gasteiger partial charge in [0.1, 0.15) is 11.3 Å². The smallest absolute Gasteiger partial charge is 0.406 e. The highest BCUT2D eigenvalue weighted by Crippen LogP contribution is 2.36. The van der Waals surface area contributed by atoms with Crippen molar-refractivity contribution in [3.05, 3.63) is 28.5 Å². The average molecular weight is 425 g/mol. The van der Waals surface area contributed by atoms with E-state index in [2.05, 4.69) is 20.4 Å². The minimum absolute atomic E-state index is 0.0314. The molecule has 2 aliphatic rings. The second kappa shape index (κ2) is 10.2. The third kappa shape index (κ3) is 6.04. The van der Waals surface area contributed by atoms with Gasteiger partial charge in [0.15, 0.2) is 0 Å². The zero-order valence-electron chi connectivity index (χ0n) is 16.9. The summed E-state index contributed by atoms with van der Waals surface area (Å²) in [6.45, 7) is 4.39. The van der Waals surface area contributed by atoms with Gasteiger partial charge in [-0.2, -0.15) is 0 Å². The molecule has 3 rings (SSSR count). The van der Waals surface area contributed by atoms with Gasteiger partial charge in [0.25, 0.3) is 5.91 Å². The molecule has 8 nitrogen and oxygen atoms in total. The van der Waals surface area contributed by atoms with Gasteiger partial charge in [0.05, 0.1) is 19.8 Å². The Kier molecular flexibility index (Phi) is 7.69. The summed E-state index contributed by atoms with van der Waals surface area (Å²) in [5, 5.41) is 6.28. The first-order valence-electron chi connectivity index (χ1n) is 10.1. The van der Waals surface area contributed by atoms with Crippen LogP contribution in [-0.4, -0.2) is 67.4 Å². The zero-order chi connectivity index (χ0) is 20.8. The van der Waals surface area contributed by atoms with E-state index in [1.54, 1.807) is 0 Å². The van der Waals surface area contributed by atoms with Crippen molar-refractivity contribution in [1.82, 2.24) is 20.5 Å². The van der Waals surface area contributed by atoms with Crippen molar-refractivity contribution < 1.29 is 19.1 Å². The third-order valence-corrected chi connectivity index (χ3v) is 5.42. The Bertz CT molecular complexity index is 722. The normalized spacial score (nSPS) is 20.0. The van der Waals surface area contributed by atoms with Crippen LogP contribution in [0.25, 0.3) is 0 Å². The summed E-state index contributed by atoms with van der Waals surface area (Å²) in [5.41, 5.74) is 1.80. The van der Waals surface area contributed by atoms with Crippen LogP contribution >= 0.6 is 11.6 Å². The van der Waals surface area contributed by atoms with Gasteiger partial charge in [-0.1, -0.05) is 11.6 Å². The fraction of sp³-hybridized carbons (Fsp3) is 0.650. The Morgan fingerprint density at radius 3 is 2.90 bits per heavy atom. The zero-order valence-corrected chi connectivity index (χ0v) is 17.7. The van der Waals surface area contributed by atoms with Crippen LogP contribution in [0.4, 0.5) is 4.79 Å². The van der Waals surface area contributed by atoms with Crippen LogP contribution in [0.1, 0.15) is 43.5 Å². The lowest BCUT2D eigenvalue weighted by atomic mass is 10.0. The number of nitrogens with one attached hydrogen (secondary N) is 2. The molecule has 1 aromatic rings. The summed E-state index contributed by atoms with van der Waals surface area (Å²) >= 11 is 6.27. The average Bonchev–Trinajstić information content (AvgIpc) is 3.56. The van der Waals surface area contributed by atoms with Gasteiger partial charge in [0.2, 0.25) is 0 Å². The van der Waals surface area contributed by atoms with Crippen LogP contribution in [0.15, 0.2) is 12.1 Å². The largest absolute Gasteiger partial charge is 0.453 e. The van der Waals surface area contributed by atoms with Gasteiger partial charge in [-0.25, -0.2) is 9.78 Å². The van der Waals surface area contributed by atoms with Crippen LogP contribution in [0.2, 0.25) is 5.15 Å². The first kappa shape index (κ1) is 21.8. The number of pyridine rings is 1. The molecule has 0 aromatic carbocycles. The van der Waals surface area contributed by atoms with Crippen molar-refractivity contribution in [3.8, 4) is 0 Å². The first-order chi connectivity index (χ1) is 14.0. The Morgan fingerprint density at radius 1 is 1.45 bits per heavy atom. The second-order valence-corrected chi connectivity index (χ2v) is 7.84. The number of amides is 2. The van der Waals surface area contributed by atoms with Gasteiger partial charge >= 0.3 is 6.09 Å². The molecule has 0 radical (unpaired) electrons. The Balaban J connectivity index is 1.67. The summed E-state index contributed by atoms with van der Waals surface area (Å²) in [6.07, 6.45) is 2.52. The minimum Gasteiger partial charge on any atom is -0.453 e. The highest BCUT2D eigenvalue weighted by molar-refractivity contribution is 6.29. The summed E-state index contributed by atoms with van der Waals surface area (Å²) in [4.78, 5) is 30.6. The van der Waals surface area contributed by atoms with E-state index >= 15 is 0 Å². The van der Waals surface area contributed by atoms with Gasteiger partial charge in [-0.05, 0) is 50.3 Å². The number of carbonyl (C=O) groups excluding carboxylic acids is 2. The lowest BCUT2D eigenvalue weighted by molar-refractivity contribution is -0.148. The van der Waals surface area contributed by atoms with Crippen molar-refractivity contribution in [1.29, 1.82) is 0 Å². The lowest BCUT2D eigenvalue weighted by Crippen LogP contribution is -2.50. The molecule has 0 bridgehead atoms. The topological polar surface area (TPSA) is 92.8 Å². The molecule has 29 heavy (non-hydrogen) atoms. The maximum atomic E-state index is 13.1. The molecule has 9 heteroatoms. The highest BCUT2D eigenvalue weighted by Gasteiger charge is 2.40. The molecule has 2 heterocycles. The molecule has 1 saturated carbocycles. The molecule has 1 aliphatic carbocycles. The van der Waals surface area contributed by atoms with E-state index in [4.69, 9.17) is 16.3 Å². The molecule has 2 atom stereocenters. The van der Waals surface area contributed by atoms with Gasteiger partial charge < -0.3 is 25.0 Å². The molecule has 2 fully saturated rings. The molecule has 1 saturated heterocycles.